The van der Waals surface area contributed by atoms with Gasteiger partial charge in [-0.2, -0.15) is 0 Å². The van der Waals surface area contributed by atoms with E-state index in [4.69, 9.17) is 16.3 Å². The van der Waals surface area contributed by atoms with E-state index in [0.717, 1.165) is 16.7 Å². The van der Waals surface area contributed by atoms with Crippen LogP contribution in [0.1, 0.15) is 16.7 Å². The first kappa shape index (κ1) is 14.4. The molecular weight excluding hydrogens is 286 g/mol. The summed E-state index contributed by atoms with van der Waals surface area (Å²) in [5.41, 5.74) is 1.52. The maximum absolute atomic E-state index is 11.5. The molecule has 0 saturated heterocycles. The van der Waals surface area contributed by atoms with Crippen LogP contribution in [-0.4, -0.2) is 30.6 Å². The smallest absolute Gasteiger partial charge is 0.131 e. The molecule has 4 heteroatoms. The summed E-state index contributed by atoms with van der Waals surface area (Å²) in [5.74, 6) is 0.642. The van der Waals surface area contributed by atoms with Crippen molar-refractivity contribution in [1.29, 1.82) is 0 Å². The Balaban J connectivity index is 2.24. The molecule has 1 N–H and O–H groups in total. The first-order valence-electron chi connectivity index (χ1n) is 6.89. The fourth-order valence-electron chi connectivity index (χ4n) is 2.94. The molecular formula is C17H18ClNO2. The summed E-state index contributed by atoms with van der Waals surface area (Å²) in [6, 6.07) is 13.3. The van der Waals surface area contributed by atoms with Gasteiger partial charge in [0, 0.05) is 17.1 Å². The number of rotatable bonds is 2. The minimum Gasteiger partial charge on any atom is -0.488 e. The molecule has 2 aromatic carbocycles. The average Bonchev–Trinajstić information content (AvgIpc) is 2.54. The molecule has 0 saturated carbocycles. The number of aliphatic hydroxyl groups is 1. The number of hydrogen-bond donors (Lipinski definition) is 1. The van der Waals surface area contributed by atoms with Crippen molar-refractivity contribution in [2.24, 2.45) is 0 Å². The van der Waals surface area contributed by atoms with E-state index in [-0.39, 0.29) is 0 Å². The summed E-state index contributed by atoms with van der Waals surface area (Å²) in [5, 5.41) is 12.1. The summed E-state index contributed by atoms with van der Waals surface area (Å²) in [6.07, 6.45) is 0. The van der Waals surface area contributed by atoms with Gasteiger partial charge in [-0.3, -0.25) is 0 Å². The van der Waals surface area contributed by atoms with Crippen LogP contribution in [0.4, 0.5) is 0 Å². The van der Waals surface area contributed by atoms with Crippen LogP contribution >= 0.6 is 11.6 Å². The van der Waals surface area contributed by atoms with Gasteiger partial charge in [-0.25, -0.2) is 0 Å². The van der Waals surface area contributed by atoms with E-state index in [1.165, 1.54) is 0 Å². The van der Waals surface area contributed by atoms with E-state index in [1.54, 1.807) is 12.1 Å². The molecule has 1 heterocycles. The fraction of sp³-hybridized carbons (Fsp3) is 0.294. The number of benzene rings is 2. The first-order chi connectivity index (χ1) is 10.0. The number of fused-ring (bicyclic) bond motifs is 2. The van der Waals surface area contributed by atoms with E-state index in [1.807, 2.05) is 49.3 Å². The summed E-state index contributed by atoms with van der Waals surface area (Å²) in [6.45, 7) is 0.904. The topological polar surface area (TPSA) is 32.7 Å². The highest BCUT2D eigenvalue weighted by Crippen LogP contribution is 2.41. The molecule has 3 nitrogen and oxygen atoms in total. The zero-order valence-electron chi connectivity index (χ0n) is 12.1. The zero-order chi connectivity index (χ0) is 15.0. The van der Waals surface area contributed by atoms with Crippen LogP contribution in [0.3, 0.4) is 0 Å². The normalized spacial score (nSPS) is 20.4. The van der Waals surface area contributed by atoms with Gasteiger partial charge >= 0.3 is 0 Å². The predicted molar refractivity (Wildman–Crippen MR) is 83.8 cm³/mol. The molecule has 0 amide bonds. The van der Waals surface area contributed by atoms with Crippen molar-refractivity contribution >= 4 is 11.6 Å². The number of hydrogen-bond acceptors (Lipinski definition) is 3. The monoisotopic (exact) mass is 303 g/mol. The molecule has 1 aliphatic rings. The fourth-order valence-corrected chi connectivity index (χ4v) is 3.10. The highest BCUT2D eigenvalue weighted by atomic mass is 35.5. The second-order valence-electron chi connectivity index (χ2n) is 5.68. The van der Waals surface area contributed by atoms with Crippen LogP contribution < -0.4 is 4.74 Å². The number of likely N-dealkylation sites (N-methyl/N-ethyl adjacent to an activating group) is 1. The second-order valence-corrected chi connectivity index (χ2v) is 6.12. The Kier molecular flexibility index (Phi) is 3.66. The van der Waals surface area contributed by atoms with E-state index >= 15 is 0 Å². The third kappa shape index (κ3) is 2.53. The van der Waals surface area contributed by atoms with Gasteiger partial charge in [-0.1, -0.05) is 41.9 Å². The largest absolute Gasteiger partial charge is 0.488 e. The van der Waals surface area contributed by atoms with Crippen molar-refractivity contribution < 1.29 is 9.84 Å². The van der Waals surface area contributed by atoms with Crippen molar-refractivity contribution in [2.75, 3.05) is 20.6 Å². The van der Waals surface area contributed by atoms with Gasteiger partial charge < -0.3 is 14.7 Å². The van der Waals surface area contributed by atoms with Crippen LogP contribution in [0, 0.1) is 0 Å². The van der Waals surface area contributed by atoms with Crippen molar-refractivity contribution in [2.45, 2.75) is 12.2 Å². The maximum Gasteiger partial charge on any atom is 0.131 e. The van der Waals surface area contributed by atoms with Gasteiger partial charge in [0.2, 0.25) is 0 Å². The summed E-state index contributed by atoms with van der Waals surface area (Å²) in [7, 11) is 3.89. The number of halogens is 1. The molecule has 1 unspecified atom stereocenters. The lowest BCUT2D eigenvalue weighted by atomic mass is 9.83. The molecule has 1 aliphatic heterocycles. The molecule has 110 valence electrons. The van der Waals surface area contributed by atoms with Gasteiger partial charge in [0.05, 0.1) is 0 Å². The van der Waals surface area contributed by atoms with Gasteiger partial charge in [0.15, 0.2) is 0 Å². The van der Waals surface area contributed by atoms with Crippen LogP contribution in [0.15, 0.2) is 42.5 Å². The molecule has 1 atom stereocenters. The Labute approximate surface area is 129 Å². The lowest BCUT2D eigenvalue weighted by molar-refractivity contribution is 0.0508. The second kappa shape index (κ2) is 5.34. The average molecular weight is 304 g/mol. The molecule has 0 aromatic heterocycles. The molecule has 0 radical (unpaired) electrons. The minimum absolute atomic E-state index is 0.430. The predicted octanol–water partition coefficient (Wildman–Crippen LogP) is 3.03. The molecule has 0 fully saturated rings. The Hall–Kier alpha value is -1.55. The molecule has 3 rings (SSSR count). The molecule has 0 spiro atoms. The van der Waals surface area contributed by atoms with Gasteiger partial charge in [0.25, 0.3) is 0 Å². The van der Waals surface area contributed by atoms with E-state index < -0.39 is 5.60 Å². The van der Waals surface area contributed by atoms with Gasteiger partial charge in [-0.15, -0.1) is 0 Å². The highest BCUT2D eigenvalue weighted by Gasteiger charge is 2.38. The van der Waals surface area contributed by atoms with Crippen LogP contribution in [0.25, 0.3) is 0 Å². The lowest BCUT2D eigenvalue weighted by Gasteiger charge is -2.32. The lowest BCUT2D eigenvalue weighted by Crippen LogP contribution is -2.39. The standard InChI is InChI=1S/C17H18ClNO2/c1-19(2)11-17(20)14-6-4-3-5-12(14)10-21-16-9-13(18)7-8-15(16)17/h3-9,20H,10-11H2,1-2H3. The van der Waals surface area contributed by atoms with Crippen molar-refractivity contribution in [3.63, 3.8) is 0 Å². The van der Waals surface area contributed by atoms with Crippen molar-refractivity contribution in [3.05, 3.63) is 64.2 Å². The van der Waals surface area contributed by atoms with Crippen molar-refractivity contribution in [1.82, 2.24) is 4.90 Å². The van der Waals surface area contributed by atoms with Crippen molar-refractivity contribution in [3.8, 4) is 5.75 Å². The molecule has 0 aliphatic carbocycles. The third-order valence-corrected chi connectivity index (χ3v) is 4.02. The van der Waals surface area contributed by atoms with Crippen LogP contribution in [0.2, 0.25) is 5.02 Å². The van der Waals surface area contributed by atoms with Crippen LogP contribution in [-0.2, 0) is 12.2 Å². The Morgan fingerprint density at radius 1 is 1.19 bits per heavy atom. The molecule has 2 aromatic rings. The molecule has 21 heavy (non-hydrogen) atoms. The highest BCUT2D eigenvalue weighted by molar-refractivity contribution is 6.30. The van der Waals surface area contributed by atoms with E-state index in [9.17, 15) is 5.11 Å². The SMILES string of the molecule is CN(C)CC1(O)c2ccccc2COc2cc(Cl)ccc21. The van der Waals surface area contributed by atoms with Gasteiger partial charge in [-0.05, 0) is 37.4 Å². The van der Waals surface area contributed by atoms with E-state index in [0.29, 0.717) is 23.9 Å². The summed E-state index contributed by atoms with van der Waals surface area (Å²) >= 11 is 6.07. The first-order valence-corrected chi connectivity index (χ1v) is 7.27. The van der Waals surface area contributed by atoms with Crippen LogP contribution in [0.5, 0.6) is 5.75 Å². The quantitative estimate of drug-likeness (QED) is 0.925. The van der Waals surface area contributed by atoms with Gasteiger partial charge in [0.1, 0.15) is 18.0 Å². The minimum atomic E-state index is -1.11. The summed E-state index contributed by atoms with van der Waals surface area (Å²) in [4.78, 5) is 1.97. The number of nitrogens with zero attached hydrogens (tertiary/aromatic N) is 1. The third-order valence-electron chi connectivity index (χ3n) is 3.78. The Bertz CT molecular complexity index is 672. The summed E-state index contributed by atoms with van der Waals surface area (Å²) < 4.78 is 5.87. The number of ether oxygens (including phenoxy) is 1. The maximum atomic E-state index is 11.5. The Morgan fingerprint density at radius 2 is 1.95 bits per heavy atom. The zero-order valence-corrected chi connectivity index (χ0v) is 12.9. The van der Waals surface area contributed by atoms with E-state index in [2.05, 4.69) is 0 Å². The Morgan fingerprint density at radius 3 is 2.71 bits per heavy atom. The molecule has 0 bridgehead atoms.